The zero-order valence-corrected chi connectivity index (χ0v) is 19.1. The molecule has 0 atom stereocenters. The Balaban J connectivity index is 1.90. The summed E-state index contributed by atoms with van der Waals surface area (Å²) in [6.45, 7) is 4.58. The third kappa shape index (κ3) is 5.17. The van der Waals surface area contributed by atoms with E-state index in [2.05, 4.69) is 10.6 Å². The lowest BCUT2D eigenvalue weighted by Gasteiger charge is -2.11. The van der Waals surface area contributed by atoms with Gasteiger partial charge in [-0.05, 0) is 37.6 Å². The fraction of sp³-hybridized carbons (Fsp3) is 0.227. The van der Waals surface area contributed by atoms with E-state index in [4.69, 9.17) is 21.1 Å². The van der Waals surface area contributed by atoms with E-state index in [1.54, 1.807) is 26.0 Å². The molecule has 10 heteroatoms. The van der Waals surface area contributed by atoms with Gasteiger partial charge in [-0.2, -0.15) is 0 Å². The summed E-state index contributed by atoms with van der Waals surface area (Å²) in [5.41, 5.74) is 0.917. The number of halogens is 2. The Hall–Kier alpha value is -3.17. The van der Waals surface area contributed by atoms with Crippen LogP contribution in [0.1, 0.15) is 29.8 Å². The van der Waals surface area contributed by atoms with Crippen LogP contribution in [0, 0.1) is 12.7 Å². The van der Waals surface area contributed by atoms with E-state index in [1.807, 2.05) is 0 Å². The van der Waals surface area contributed by atoms with Crippen molar-refractivity contribution in [1.29, 1.82) is 0 Å². The van der Waals surface area contributed by atoms with Crippen LogP contribution >= 0.6 is 22.9 Å². The van der Waals surface area contributed by atoms with Crippen molar-refractivity contribution in [1.82, 2.24) is 0 Å². The second-order valence-corrected chi connectivity index (χ2v) is 8.21. The number of thiophene rings is 1. The molecule has 7 nitrogen and oxygen atoms in total. The maximum atomic E-state index is 13.9. The van der Waals surface area contributed by atoms with Gasteiger partial charge in [-0.25, -0.2) is 9.18 Å². The molecule has 2 N–H and O–H groups in total. The average molecular weight is 479 g/mol. The summed E-state index contributed by atoms with van der Waals surface area (Å²) in [5.74, 6) is -1.78. The molecule has 0 spiro atoms. The Morgan fingerprint density at radius 3 is 2.56 bits per heavy atom. The predicted molar refractivity (Wildman–Crippen MR) is 122 cm³/mol. The zero-order chi connectivity index (χ0) is 23.4. The number of esters is 1. The second kappa shape index (κ2) is 9.97. The lowest BCUT2D eigenvalue weighted by atomic mass is 10.1. The minimum Gasteiger partial charge on any atom is -0.482 e. The number of anilines is 2. The molecule has 2 aromatic carbocycles. The van der Waals surface area contributed by atoms with Crippen molar-refractivity contribution in [2.45, 2.75) is 20.8 Å². The van der Waals surface area contributed by atoms with Gasteiger partial charge < -0.3 is 20.1 Å². The lowest BCUT2D eigenvalue weighted by Crippen LogP contribution is -2.21. The summed E-state index contributed by atoms with van der Waals surface area (Å²) in [7, 11) is 0. The fourth-order valence-corrected chi connectivity index (χ4v) is 4.43. The molecule has 0 saturated carbocycles. The number of carbonyl (C=O) groups is 3. The number of ether oxygens (including phenoxy) is 2. The monoisotopic (exact) mass is 478 g/mol. The van der Waals surface area contributed by atoms with Crippen LogP contribution in [0.15, 0.2) is 30.3 Å². The van der Waals surface area contributed by atoms with Gasteiger partial charge in [-0.1, -0.05) is 23.7 Å². The molecule has 0 unspecified atom stereocenters. The van der Waals surface area contributed by atoms with Gasteiger partial charge in [0.15, 0.2) is 6.61 Å². The van der Waals surface area contributed by atoms with Crippen molar-refractivity contribution in [2.75, 3.05) is 23.8 Å². The van der Waals surface area contributed by atoms with E-state index in [9.17, 15) is 18.8 Å². The Morgan fingerprint density at radius 1 is 1.16 bits per heavy atom. The number of rotatable bonds is 7. The van der Waals surface area contributed by atoms with E-state index in [0.717, 1.165) is 17.4 Å². The molecule has 168 valence electrons. The quantitative estimate of drug-likeness (QED) is 0.458. The molecule has 0 radical (unpaired) electrons. The molecule has 3 rings (SSSR count). The van der Waals surface area contributed by atoms with Crippen LogP contribution < -0.4 is 15.4 Å². The van der Waals surface area contributed by atoms with Crippen LogP contribution in [0.5, 0.6) is 5.75 Å². The van der Waals surface area contributed by atoms with Crippen molar-refractivity contribution in [3.63, 3.8) is 0 Å². The van der Waals surface area contributed by atoms with Gasteiger partial charge in [0.05, 0.1) is 17.0 Å². The fourth-order valence-electron chi connectivity index (χ4n) is 2.98. The lowest BCUT2D eigenvalue weighted by molar-refractivity contribution is -0.118. The minimum atomic E-state index is -0.665. The summed E-state index contributed by atoms with van der Waals surface area (Å²) < 4.78 is 25.4. The molecular weight excluding hydrogens is 459 g/mol. The number of hydrogen-bond donors (Lipinski definition) is 2. The molecule has 3 aromatic rings. The third-order valence-corrected chi connectivity index (χ3v) is 5.69. The molecule has 0 saturated heterocycles. The Labute approximate surface area is 192 Å². The third-order valence-electron chi connectivity index (χ3n) is 4.33. The molecule has 1 heterocycles. The van der Waals surface area contributed by atoms with Crippen molar-refractivity contribution in [3.05, 3.63) is 52.3 Å². The van der Waals surface area contributed by atoms with Crippen molar-refractivity contribution >= 4 is 61.5 Å². The number of carbonyl (C=O) groups excluding carboxylic acids is 3. The van der Waals surface area contributed by atoms with Crippen LogP contribution in [0.2, 0.25) is 5.02 Å². The normalized spacial score (nSPS) is 10.7. The highest BCUT2D eigenvalue weighted by atomic mass is 35.5. The molecule has 0 aliphatic carbocycles. The van der Waals surface area contributed by atoms with Gasteiger partial charge in [0.25, 0.3) is 5.91 Å². The van der Waals surface area contributed by atoms with Crippen LogP contribution in [0.25, 0.3) is 10.1 Å². The predicted octanol–water partition coefficient (Wildman–Crippen LogP) is 5.15. The topological polar surface area (TPSA) is 93.7 Å². The van der Waals surface area contributed by atoms with E-state index in [1.165, 1.54) is 19.1 Å². The highest BCUT2D eigenvalue weighted by Gasteiger charge is 2.24. The van der Waals surface area contributed by atoms with E-state index in [0.29, 0.717) is 26.4 Å². The Bertz CT molecular complexity index is 1210. The second-order valence-electron chi connectivity index (χ2n) is 6.76. The standard InChI is InChI=1S/C22H20ClFN2O5S/c1-4-30-22(29)18-14-7-5-11(2)19(20(14)32-21(18)25-12(3)27)31-10-17(28)26-16-8-6-13(23)9-15(16)24/h5-9H,4,10H2,1-3H3,(H,25,27)(H,26,28). The SMILES string of the molecule is CCOC(=O)c1c(NC(C)=O)sc2c(OCC(=O)Nc3ccc(Cl)cc3F)c(C)ccc12. The molecule has 0 fully saturated rings. The van der Waals surface area contributed by atoms with Crippen LogP contribution in [-0.2, 0) is 14.3 Å². The molecule has 1 aromatic heterocycles. The first-order chi connectivity index (χ1) is 15.2. The number of fused-ring (bicyclic) bond motifs is 1. The summed E-state index contributed by atoms with van der Waals surface area (Å²) in [6.07, 6.45) is 0. The molecule has 32 heavy (non-hydrogen) atoms. The first kappa shape index (κ1) is 23.5. The van der Waals surface area contributed by atoms with Gasteiger partial charge in [-0.3, -0.25) is 9.59 Å². The van der Waals surface area contributed by atoms with Gasteiger partial charge in [0.2, 0.25) is 5.91 Å². The Morgan fingerprint density at radius 2 is 1.91 bits per heavy atom. The molecule has 0 bridgehead atoms. The van der Waals surface area contributed by atoms with Crippen molar-refractivity contribution in [3.8, 4) is 5.75 Å². The smallest absolute Gasteiger partial charge is 0.341 e. The maximum absolute atomic E-state index is 13.9. The molecule has 2 amide bonds. The molecular formula is C22H20ClFN2O5S. The van der Waals surface area contributed by atoms with Gasteiger partial charge in [-0.15, -0.1) is 11.3 Å². The van der Waals surface area contributed by atoms with Crippen LogP contribution in [-0.4, -0.2) is 31.0 Å². The maximum Gasteiger partial charge on any atom is 0.341 e. The number of hydrogen-bond acceptors (Lipinski definition) is 6. The highest BCUT2D eigenvalue weighted by molar-refractivity contribution is 7.24. The summed E-state index contributed by atoms with van der Waals surface area (Å²) in [6, 6.07) is 7.37. The minimum absolute atomic E-state index is 0.0217. The Kier molecular flexibility index (Phi) is 7.32. The largest absolute Gasteiger partial charge is 0.482 e. The van der Waals surface area contributed by atoms with Crippen LogP contribution in [0.3, 0.4) is 0 Å². The van der Waals surface area contributed by atoms with E-state index in [-0.39, 0.29) is 28.8 Å². The van der Waals surface area contributed by atoms with E-state index < -0.39 is 24.3 Å². The van der Waals surface area contributed by atoms with Crippen molar-refractivity contribution in [2.24, 2.45) is 0 Å². The van der Waals surface area contributed by atoms with Crippen molar-refractivity contribution < 1.29 is 28.2 Å². The summed E-state index contributed by atoms with van der Waals surface area (Å²) in [5, 5.41) is 6.15. The number of aryl methyl sites for hydroxylation is 1. The van der Waals surface area contributed by atoms with Gasteiger partial charge >= 0.3 is 5.97 Å². The summed E-state index contributed by atoms with van der Waals surface area (Å²) in [4.78, 5) is 36.5. The van der Waals surface area contributed by atoms with Gasteiger partial charge in [0.1, 0.15) is 22.1 Å². The summed E-state index contributed by atoms with van der Waals surface area (Å²) >= 11 is 6.86. The van der Waals surface area contributed by atoms with Gasteiger partial charge in [0, 0.05) is 17.3 Å². The number of nitrogens with one attached hydrogen (secondary N) is 2. The highest BCUT2D eigenvalue weighted by Crippen LogP contribution is 2.42. The number of benzene rings is 2. The first-order valence-corrected chi connectivity index (χ1v) is 10.8. The average Bonchev–Trinajstić information content (AvgIpc) is 3.07. The first-order valence-electron chi connectivity index (χ1n) is 9.59. The molecule has 0 aliphatic heterocycles. The van der Waals surface area contributed by atoms with Crippen LogP contribution in [0.4, 0.5) is 15.1 Å². The number of amides is 2. The van der Waals surface area contributed by atoms with E-state index >= 15 is 0 Å². The zero-order valence-electron chi connectivity index (χ0n) is 17.5. The molecule has 0 aliphatic rings.